The summed E-state index contributed by atoms with van der Waals surface area (Å²) in [6, 6.07) is 7.81. The van der Waals surface area contributed by atoms with E-state index in [1.165, 1.54) is 0 Å². The summed E-state index contributed by atoms with van der Waals surface area (Å²) in [4.78, 5) is 7.20. The molecule has 0 aliphatic rings. The lowest BCUT2D eigenvalue weighted by atomic mass is 10.2. The minimum atomic E-state index is -0.0164. The van der Waals surface area contributed by atoms with Crippen LogP contribution in [0.2, 0.25) is 0 Å². The molecule has 1 heterocycles. The highest BCUT2D eigenvalue weighted by Crippen LogP contribution is 2.25. The Morgan fingerprint density at radius 2 is 2.14 bits per heavy atom. The zero-order chi connectivity index (χ0) is 9.97. The predicted molar refractivity (Wildman–Crippen MR) is 57.6 cm³/mol. The number of nitrogens with one attached hydrogen (secondary N) is 1. The molecule has 0 aliphatic carbocycles. The van der Waals surface area contributed by atoms with Crippen molar-refractivity contribution >= 4 is 15.9 Å². The summed E-state index contributed by atoms with van der Waals surface area (Å²) in [5, 5.41) is 8.88. The van der Waals surface area contributed by atoms with Gasteiger partial charge >= 0.3 is 0 Å². The second kappa shape index (κ2) is 3.94. The van der Waals surface area contributed by atoms with E-state index in [9.17, 15) is 0 Å². The van der Waals surface area contributed by atoms with Crippen molar-refractivity contribution in [1.29, 1.82) is 0 Å². The van der Waals surface area contributed by atoms with Crippen LogP contribution in [0.1, 0.15) is 5.69 Å². The molecular weight excluding hydrogens is 244 g/mol. The zero-order valence-corrected chi connectivity index (χ0v) is 8.95. The Morgan fingerprint density at radius 1 is 1.36 bits per heavy atom. The summed E-state index contributed by atoms with van der Waals surface area (Å²) in [6.45, 7) is -0.0164. The fraction of sp³-hybridized carbons (Fsp3) is 0.100. The molecule has 0 atom stereocenters. The van der Waals surface area contributed by atoms with E-state index in [0.717, 1.165) is 21.6 Å². The Kier molecular flexibility index (Phi) is 2.65. The van der Waals surface area contributed by atoms with E-state index in [0.29, 0.717) is 0 Å². The van der Waals surface area contributed by atoms with E-state index in [-0.39, 0.29) is 6.61 Å². The van der Waals surface area contributed by atoms with Gasteiger partial charge in [0.1, 0.15) is 5.82 Å². The average Bonchev–Trinajstić information content (AvgIpc) is 2.67. The number of benzene rings is 1. The first-order valence-corrected chi connectivity index (χ1v) is 5.00. The summed E-state index contributed by atoms with van der Waals surface area (Å²) in [7, 11) is 0. The fourth-order valence-electron chi connectivity index (χ4n) is 1.23. The summed E-state index contributed by atoms with van der Waals surface area (Å²) in [6.07, 6.45) is 1.63. The van der Waals surface area contributed by atoms with Gasteiger partial charge in [0.25, 0.3) is 0 Å². The first-order valence-electron chi connectivity index (χ1n) is 4.21. The van der Waals surface area contributed by atoms with Gasteiger partial charge in [-0.15, -0.1) is 0 Å². The van der Waals surface area contributed by atoms with Crippen LogP contribution < -0.4 is 0 Å². The van der Waals surface area contributed by atoms with Crippen LogP contribution in [0.5, 0.6) is 0 Å². The number of aliphatic hydroxyl groups is 1. The van der Waals surface area contributed by atoms with E-state index >= 15 is 0 Å². The van der Waals surface area contributed by atoms with Crippen molar-refractivity contribution in [2.24, 2.45) is 0 Å². The molecule has 0 amide bonds. The number of H-pyrrole nitrogens is 1. The van der Waals surface area contributed by atoms with Gasteiger partial charge in [-0.25, -0.2) is 4.98 Å². The third-order valence-electron chi connectivity index (χ3n) is 1.93. The number of aromatic nitrogens is 2. The number of nitrogens with zero attached hydrogens (tertiary/aromatic N) is 1. The number of hydrogen-bond acceptors (Lipinski definition) is 2. The summed E-state index contributed by atoms with van der Waals surface area (Å²) in [5.74, 6) is 0.765. The van der Waals surface area contributed by atoms with E-state index < -0.39 is 0 Å². The molecule has 0 saturated carbocycles. The molecule has 1 aromatic heterocycles. The smallest absolute Gasteiger partial charge is 0.138 e. The van der Waals surface area contributed by atoms with Crippen molar-refractivity contribution in [1.82, 2.24) is 9.97 Å². The van der Waals surface area contributed by atoms with Crippen molar-refractivity contribution in [2.75, 3.05) is 0 Å². The van der Waals surface area contributed by atoms with Crippen molar-refractivity contribution < 1.29 is 5.11 Å². The molecule has 1 aromatic carbocycles. The fourth-order valence-corrected chi connectivity index (χ4v) is 1.70. The lowest BCUT2D eigenvalue weighted by molar-refractivity contribution is 0.277. The Labute approximate surface area is 89.9 Å². The van der Waals surface area contributed by atoms with E-state index in [1.54, 1.807) is 6.20 Å². The number of hydrogen-bond donors (Lipinski definition) is 2. The van der Waals surface area contributed by atoms with Gasteiger partial charge in [0.2, 0.25) is 0 Å². The molecule has 0 radical (unpaired) electrons. The summed E-state index contributed by atoms with van der Waals surface area (Å²) >= 11 is 3.44. The molecule has 72 valence electrons. The molecule has 2 rings (SSSR count). The molecule has 2 N–H and O–H groups in total. The normalized spacial score (nSPS) is 10.4. The Balaban J connectivity index is 2.44. The highest BCUT2D eigenvalue weighted by atomic mass is 79.9. The maximum absolute atomic E-state index is 8.88. The van der Waals surface area contributed by atoms with Crippen LogP contribution in [0.25, 0.3) is 11.4 Å². The molecule has 0 fully saturated rings. The van der Waals surface area contributed by atoms with Gasteiger partial charge in [-0.05, 0) is 6.07 Å². The Hall–Kier alpha value is -1.13. The molecule has 0 bridgehead atoms. The third-order valence-corrected chi connectivity index (χ3v) is 2.62. The Bertz CT molecular complexity index is 439. The molecule has 0 spiro atoms. The number of aromatic amines is 1. The third kappa shape index (κ3) is 1.71. The van der Waals surface area contributed by atoms with E-state index in [1.807, 2.05) is 24.3 Å². The maximum atomic E-state index is 8.88. The highest BCUT2D eigenvalue weighted by molar-refractivity contribution is 9.10. The van der Waals surface area contributed by atoms with Gasteiger partial charge < -0.3 is 10.1 Å². The van der Waals surface area contributed by atoms with Crippen LogP contribution >= 0.6 is 15.9 Å². The standard InChI is InChI=1S/C10H9BrN2O/c11-9-4-2-1-3-8(9)10-12-5-7(6-14)13-10/h1-5,14H,6H2,(H,12,13). The van der Waals surface area contributed by atoms with Crippen LogP contribution in [0.3, 0.4) is 0 Å². The van der Waals surface area contributed by atoms with Gasteiger partial charge in [-0.2, -0.15) is 0 Å². The molecule has 0 aliphatic heterocycles. The van der Waals surface area contributed by atoms with Gasteiger partial charge in [0.15, 0.2) is 0 Å². The Morgan fingerprint density at radius 3 is 2.79 bits per heavy atom. The first kappa shape index (κ1) is 9.43. The SMILES string of the molecule is OCc1cnc(-c2ccccc2Br)[nH]1. The van der Waals surface area contributed by atoms with Crippen LogP contribution in [0.4, 0.5) is 0 Å². The second-order valence-electron chi connectivity index (χ2n) is 2.90. The number of rotatable bonds is 2. The monoisotopic (exact) mass is 252 g/mol. The summed E-state index contributed by atoms with van der Waals surface area (Å²) < 4.78 is 0.985. The van der Waals surface area contributed by atoms with Gasteiger partial charge in [-0.3, -0.25) is 0 Å². The van der Waals surface area contributed by atoms with Crippen molar-refractivity contribution in [2.45, 2.75) is 6.61 Å². The molecule has 0 unspecified atom stereocenters. The van der Waals surface area contributed by atoms with Crippen molar-refractivity contribution in [3.63, 3.8) is 0 Å². The van der Waals surface area contributed by atoms with Gasteiger partial charge in [0, 0.05) is 10.0 Å². The zero-order valence-electron chi connectivity index (χ0n) is 7.37. The van der Waals surface area contributed by atoms with Gasteiger partial charge in [-0.1, -0.05) is 34.1 Å². The second-order valence-corrected chi connectivity index (χ2v) is 3.75. The van der Waals surface area contributed by atoms with Crippen LogP contribution in [-0.2, 0) is 6.61 Å². The maximum Gasteiger partial charge on any atom is 0.138 e. The molecule has 3 nitrogen and oxygen atoms in total. The van der Waals surface area contributed by atoms with Crippen molar-refractivity contribution in [3.8, 4) is 11.4 Å². The molecule has 4 heteroatoms. The molecular formula is C10H9BrN2O. The molecule has 0 saturated heterocycles. The highest BCUT2D eigenvalue weighted by Gasteiger charge is 2.05. The predicted octanol–water partition coefficient (Wildman–Crippen LogP) is 2.33. The molecule has 2 aromatic rings. The van der Waals surface area contributed by atoms with Gasteiger partial charge in [0.05, 0.1) is 18.5 Å². The average molecular weight is 253 g/mol. The van der Waals surface area contributed by atoms with E-state index in [2.05, 4.69) is 25.9 Å². The van der Waals surface area contributed by atoms with Crippen LogP contribution in [-0.4, -0.2) is 15.1 Å². The largest absolute Gasteiger partial charge is 0.390 e. The molecule has 14 heavy (non-hydrogen) atoms. The van der Waals surface area contributed by atoms with Crippen molar-refractivity contribution in [3.05, 3.63) is 40.6 Å². The number of aliphatic hydroxyl groups excluding tert-OH is 1. The number of halogens is 1. The first-order chi connectivity index (χ1) is 6.81. The minimum absolute atomic E-state index is 0.0164. The van der Waals surface area contributed by atoms with Crippen LogP contribution in [0, 0.1) is 0 Å². The minimum Gasteiger partial charge on any atom is -0.390 e. The quantitative estimate of drug-likeness (QED) is 0.862. The lowest BCUT2D eigenvalue weighted by Crippen LogP contribution is -1.84. The van der Waals surface area contributed by atoms with E-state index in [4.69, 9.17) is 5.11 Å². The number of imidazole rings is 1. The van der Waals surface area contributed by atoms with Crippen LogP contribution in [0.15, 0.2) is 34.9 Å². The lowest BCUT2D eigenvalue weighted by Gasteiger charge is -1.99. The topological polar surface area (TPSA) is 48.9 Å². The summed E-state index contributed by atoms with van der Waals surface area (Å²) in [5.41, 5.74) is 1.71.